The summed E-state index contributed by atoms with van der Waals surface area (Å²) in [6.45, 7) is 4.39. The predicted molar refractivity (Wildman–Crippen MR) is 56.2 cm³/mol. The lowest BCUT2D eigenvalue weighted by Crippen LogP contribution is -2.44. The standard InChI is InChI=1S/C11H18N2O2/c1-9(2)15-11(14)13-8-4-3-5-10(13)6-7-12/h9-10H,3-6,8H2,1-2H3. The first-order chi connectivity index (χ1) is 7.15. The number of amides is 1. The molecule has 0 N–H and O–H groups in total. The van der Waals surface area contributed by atoms with Gasteiger partial charge in [-0.1, -0.05) is 0 Å². The molecule has 1 amide bonds. The molecule has 4 nitrogen and oxygen atoms in total. The lowest BCUT2D eigenvalue weighted by atomic mass is 10.0. The lowest BCUT2D eigenvalue weighted by molar-refractivity contribution is 0.0538. The van der Waals surface area contributed by atoms with Gasteiger partial charge in [0.2, 0.25) is 0 Å². The molecule has 1 unspecified atom stereocenters. The molecular formula is C11H18N2O2. The van der Waals surface area contributed by atoms with Crippen LogP contribution in [-0.2, 0) is 4.74 Å². The molecule has 1 saturated heterocycles. The average molecular weight is 210 g/mol. The SMILES string of the molecule is CC(C)OC(=O)N1CCCCC1CC#N. The smallest absolute Gasteiger partial charge is 0.410 e. The van der Waals surface area contributed by atoms with Gasteiger partial charge < -0.3 is 9.64 Å². The van der Waals surface area contributed by atoms with E-state index in [1.807, 2.05) is 13.8 Å². The Hall–Kier alpha value is -1.24. The Morgan fingerprint density at radius 2 is 2.33 bits per heavy atom. The number of likely N-dealkylation sites (tertiary alicyclic amines) is 1. The van der Waals surface area contributed by atoms with Crippen LogP contribution >= 0.6 is 0 Å². The minimum absolute atomic E-state index is 0.0509. The predicted octanol–water partition coefficient (Wildman–Crippen LogP) is 2.30. The van der Waals surface area contributed by atoms with Crippen LogP contribution in [0.3, 0.4) is 0 Å². The molecule has 1 atom stereocenters. The van der Waals surface area contributed by atoms with Crippen molar-refractivity contribution < 1.29 is 9.53 Å². The molecule has 1 fully saturated rings. The number of hydrogen-bond donors (Lipinski definition) is 0. The Morgan fingerprint density at radius 1 is 1.60 bits per heavy atom. The maximum Gasteiger partial charge on any atom is 0.410 e. The number of rotatable bonds is 2. The summed E-state index contributed by atoms with van der Waals surface area (Å²) in [5.41, 5.74) is 0. The van der Waals surface area contributed by atoms with E-state index in [1.165, 1.54) is 0 Å². The number of nitrogens with zero attached hydrogens (tertiary/aromatic N) is 2. The van der Waals surface area contributed by atoms with E-state index in [0.717, 1.165) is 25.8 Å². The summed E-state index contributed by atoms with van der Waals surface area (Å²) >= 11 is 0. The zero-order chi connectivity index (χ0) is 11.3. The first kappa shape index (κ1) is 11.8. The molecule has 0 radical (unpaired) electrons. The van der Waals surface area contributed by atoms with Crippen molar-refractivity contribution in [3.63, 3.8) is 0 Å². The highest BCUT2D eigenvalue weighted by molar-refractivity contribution is 5.68. The van der Waals surface area contributed by atoms with Gasteiger partial charge in [-0.3, -0.25) is 0 Å². The Bertz CT molecular complexity index is 258. The first-order valence-corrected chi connectivity index (χ1v) is 5.49. The van der Waals surface area contributed by atoms with Crippen molar-refractivity contribution in [1.29, 1.82) is 5.26 Å². The van der Waals surface area contributed by atoms with E-state index in [9.17, 15) is 4.79 Å². The third-order valence-corrected chi connectivity index (χ3v) is 2.53. The Kier molecular flexibility index (Phi) is 4.41. The van der Waals surface area contributed by atoms with E-state index >= 15 is 0 Å². The Balaban J connectivity index is 2.55. The van der Waals surface area contributed by atoms with Crippen LogP contribution in [0.1, 0.15) is 39.5 Å². The van der Waals surface area contributed by atoms with E-state index in [2.05, 4.69) is 6.07 Å². The highest BCUT2D eigenvalue weighted by Crippen LogP contribution is 2.20. The minimum atomic E-state index is -0.273. The van der Waals surface area contributed by atoms with Crippen LogP contribution in [0.15, 0.2) is 0 Å². The second-order valence-corrected chi connectivity index (χ2v) is 4.14. The molecule has 1 heterocycles. The fourth-order valence-electron chi connectivity index (χ4n) is 1.83. The van der Waals surface area contributed by atoms with Crippen LogP contribution in [0, 0.1) is 11.3 Å². The van der Waals surface area contributed by atoms with Gasteiger partial charge in [-0.15, -0.1) is 0 Å². The molecule has 0 aromatic carbocycles. The normalized spacial score (nSPS) is 21.2. The van der Waals surface area contributed by atoms with Gasteiger partial charge in [0, 0.05) is 12.6 Å². The fraction of sp³-hybridized carbons (Fsp3) is 0.818. The maximum atomic E-state index is 11.7. The first-order valence-electron chi connectivity index (χ1n) is 5.49. The van der Waals surface area contributed by atoms with Gasteiger partial charge in [0.05, 0.1) is 18.6 Å². The van der Waals surface area contributed by atoms with E-state index in [-0.39, 0.29) is 18.2 Å². The number of carbonyl (C=O) groups is 1. The highest BCUT2D eigenvalue weighted by Gasteiger charge is 2.27. The molecule has 1 aliphatic heterocycles. The molecule has 4 heteroatoms. The number of hydrogen-bond acceptors (Lipinski definition) is 3. The van der Waals surface area contributed by atoms with E-state index in [1.54, 1.807) is 4.90 Å². The summed E-state index contributed by atoms with van der Waals surface area (Å²) in [7, 11) is 0. The van der Waals surface area contributed by atoms with Crippen molar-refractivity contribution in [2.45, 2.75) is 51.7 Å². The lowest BCUT2D eigenvalue weighted by Gasteiger charge is -2.34. The van der Waals surface area contributed by atoms with Crippen LogP contribution < -0.4 is 0 Å². The van der Waals surface area contributed by atoms with Crippen LogP contribution in [-0.4, -0.2) is 29.7 Å². The summed E-state index contributed by atoms with van der Waals surface area (Å²) < 4.78 is 5.14. The van der Waals surface area contributed by atoms with Gasteiger partial charge in [-0.25, -0.2) is 4.79 Å². The van der Waals surface area contributed by atoms with Gasteiger partial charge in [0.15, 0.2) is 0 Å². The molecule has 0 aliphatic carbocycles. The number of ether oxygens (including phenoxy) is 1. The van der Waals surface area contributed by atoms with Crippen molar-refractivity contribution >= 4 is 6.09 Å². The molecule has 15 heavy (non-hydrogen) atoms. The molecular weight excluding hydrogens is 192 g/mol. The van der Waals surface area contributed by atoms with Crippen LogP contribution in [0.25, 0.3) is 0 Å². The number of piperidine rings is 1. The summed E-state index contributed by atoms with van der Waals surface area (Å²) in [6, 6.07) is 2.18. The second-order valence-electron chi connectivity index (χ2n) is 4.14. The van der Waals surface area contributed by atoms with Crippen LogP contribution in [0.2, 0.25) is 0 Å². The second kappa shape index (κ2) is 5.59. The maximum absolute atomic E-state index is 11.7. The topological polar surface area (TPSA) is 53.3 Å². The summed E-state index contributed by atoms with van der Waals surface area (Å²) in [5.74, 6) is 0. The van der Waals surface area contributed by atoms with E-state index in [4.69, 9.17) is 10.00 Å². The third-order valence-electron chi connectivity index (χ3n) is 2.53. The van der Waals surface area contributed by atoms with E-state index in [0.29, 0.717) is 6.42 Å². The van der Waals surface area contributed by atoms with Gasteiger partial charge >= 0.3 is 6.09 Å². The van der Waals surface area contributed by atoms with Gasteiger partial charge in [0.1, 0.15) is 0 Å². The zero-order valence-corrected chi connectivity index (χ0v) is 9.40. The van der Waals surface area contributed by atoms with Gasteiger partial charge in [0.25, 0.3) is 0 Å². The van der Waals surface area contributed by atoms with Crippen LogP contribution in [0.5, 0.6) is 0 Å². The molecule has 0 saturated carbocycles. The minimum Gasteiger partial charge on any atom is -0.447 e. The summed E-state index contributed by atoms with van der Waals surface area (Å²) in [6.07, 6.45) is 3.06. The number of nitriles is 1. The molecule has 0 bridgehead atoms. The average Bonchev–Trinajstić information content (AvgIpc) is 2.18. The zero-order valence-electron chi connectivity index (χ0n) is 9.40. The Morgan fingerprint density at radius 3 is 2.93 bits per heavy atom. The van der Waals surface area contributed by atoms with Crippen molar-refractivity contribution in [2.24, 2.45) is 0 Å². The molecule has 1 aliphatic rings. The van der Waals surface area contributed by atoms with Crippen molar-refractivity contribution in [1.82, 2.24) is 4.90 Å². The van der Waals surface area contributed by atoms with E-state index < -0.39 is 0 Å². The molecule has 1 rings (SSSR count). The molecule has 0 spiro atoms. The summed E-state index contributed by atoms with van der Waals surface area (Å²) in [5, 5.41) is 8.67. The third kappa shape index (κ3) is 3.43. The van der Waals surface area contributed by atoms with Crippen LogP contribution in [0.4, 0.5) is 4.79 Å². The fourth-order valence-corrected chi connectivity index (χ4v) is 1.83. The molecule has 0 aromatic rings. The molecule has 84 valence electrons. The molecule has 0 aromatic heterocycles. The summed E-state index contributed by atoms with van der Waals surface area (Å²) in [4.78, 5) is 13.4. The van der Waals surface area contributed by atoms with Crippen molar-refractivity contribution in [2.75, 3.05) is 6.54 Å². The van der Waals surface area contributed by atoms with Gasteiger partial charge in [-0.05, 0) is 33.1 Å². The Labute approximate surface area is 90.8 Å². The van der Waals surface area contributed by atoms with Crippen molar-refractivity contribution in [3.8, 4) is 6.07 Å². The monoisotopic (exact) mass is 210 g/mol. The quantitative estimate of drug-likeness (QED) is 0.702. The van der Waals surface area contributed by atoms with Crippen molar-refractivity contribution in [3.05, 3.63) is 0 Å². The van der Waals surface area contributed by atoms with Gasteiger partial charge in [-0.2, -0.15) is 5.26 Å². The largest absolute Gasteiger partial charge is 0.447 e. The number of carbonyl (C=O) groups excluding carboxylic acids is 1. The highest BCUT2D eigenvalue weighted by atomic mass is 16.6.